The summed E-state index contributed by atoms with van der Waals surface area (Å²) in [4.78, 5) is 20.8. The van der Waals surface area contributed by atoms with Gasteiger partial charge in [-0.25, -0.2) is 4.79 Å². The largest absolute Gasteiger partial charge is 0.544 e. The highest BCUT2D eigenvalue weighted by Gasteiger charge is 1.99. The van der Waals surface area contributed by atoms with Crippen molar-refractivity contribution in [2.75, 3.05) is 7.11 Å². The Labute approximate surface area is 91.5 Å². The molecular weight excluding hydrogens is 308 g/mol. The van der Waals surface area contributed by atoms with Gasteiger partial charge in [-0.1, -0.05) is 0 Å². The second-order valence-corrected chi connectivity index (χ2v) is 3.45. The number of esters is 1. The summed E-state index contributed by atoms with van der Waals surface area (Å²) < 4.78 is 4.31. The summed E-state index contributed by atoms with van der Waals surface area (Å²) in [5.74, 6) is -1.95. The van der Waals surface area contributed by atoms with Crippen LogP contribution < -0.4 is 5.11 Å². The minimum Gasteiger partial charge on any atom is -0.544 e. The average molecular weight is 313 g/mol. The zero-order valence-corrected chi connectivity index (χ0v) is 9.72. The third-order valence-electron chi connectivity index (χ3n) is 0.956. The lowest BCUT2D eigenvalue weighted by Crippen LogP contribution is -2.22. The smallest absolute Gasteiger partial charge is 0.330 e. The molecule has 0 aliphatic heterocycles. The minimum atomic E-state index is -1.37. The van der Waals surface area contributed by atoms with Crippen LogP contribution in [-0.4, -0.2) is 19.0 Å². The number of allylic oxidation sites excluding steroid dienone is 2. The average Bonchev–Trinajstić information content (AvgIpc) is 2.11. The van der Waals surface area contributed by atoms with Gasteiger partial charge in [0, 0.05) is 10.6 Å². The zero-order chi connectivity index (χ0) is 10.4. The van der Waals surface area contributed by atoms with Crippen molar-refractivity contribution in [2.24, 2.45) is 0 Å². The van der Waals surface area contributed by atoms with Crippen molar-refractivity contribution >= 4 is 43.8 Å². The SMILES string of the molecule is COC(=O)C=CC(Br)=C(Br)C(=O)[O-]. The van der Waals surface area contributed by atoms with Gasteiger partial charge in [0.25, 0.3) is 0 Å². The number of hydrogen-bond donors (Lipinski definition) is 0. The second-order valence-electron chi connectivity index (χ2n) is 1.81. The molecule has 13 heavy (non-hydrogen) atoms. The maximum atomic E-state index is 10.6. The molecule has 0 spiro atoms. The number of methoxy groups -OCH3 is 1. The molecule has 0 radical (unpaired) electrons. The number of halogens is 2. The molecule has 6 heteroatoms. The first-order valence-corrected chi connectivity index (χ1v) is 4.60. The van der Waals surface area contributed by atoms with Crippen LogP contribution in [0.4, 0.5) is 0 Å². The maximum absolute atomic E-state index is 10.6. The molecule has 72 valence electrons. The van der Waals surface area contributed by atoms with Gasteiger partial charge in [0.1, 0.15) is 0 Å². The van der Waals surface area contributed by atoms with Gasteiger partial charge in [0.15, 0.2) is 0 Å². The molecule has 0 heterocycles. The van der Waals surface area contributed by atoms with Crippen LogP contribution in [0.5, 0.6) is 0 Å². The quantitative estimate of drug-likeness (QED) is 0.431. The van der Waals surface area contributed by atoms with E-state index < -0.39 is 11.9 Å². The van der Waals surface area contributed by atoms with Crippen molar-refractivity contribution in [2.45, 2.75) is 0 Å². The van der Waals surface area contributed by atoms with E-state index >= 15 is 0 Å². The molecule has 0 atom stereocenters. The van der Waals surface area contributed by atoms with Gasteiger partial charge < -0.3 is 14.6 Å². The van der Waals surface area contributed by atoms with Crippen LogP contribution in [-0.2, 0) is 14.3 Å². The van der Waals surface area contributed by atoms with Crippen LogP contribution >= 0.6 is 31.9 Å². The van der Waals surface area contributed by atoms with Crippen molar-refractivity contribution < 1.29 is 19.4 Å². The van der Waals surface area contributed by atoms with Gasteiger partial charge in [-0.05, 0) is 37.9 Å². The summed E-state index contributed by atoms with van der Waals surface area (Å²) in [5.41, 5.74) is 0. The Morgan fingerprint density at radius 1 is 1.31 bits per heavy atom. The molecule has 0 aliphatic carbocycles. The predicted octanol–water partition coefficient (Wildman–Crippen LogP) is 0.467. The molecule has 0 aromatic carbocycles. The number of carbonyl (C=O) groups excluding carboxylic acids is 2. The topological polar surface area (TPSA) is 66.4 Å². The Morgan fingerprint density at radius 2 is 1.85 bits per heavy atom. The van der Waals surface area contributed by atoms with Crippen LogP contribution in [0.2, 0.25) is 0 Å². The van der Waals surface area contributed by atoms with Gasteiger partial charge in [0.05, 0.1) is 17.6 Å². The lowest BCUT2D eigenvalue weighted by atomic mass is 10.4. The Hall–Kier alpha value is -0.620. The molecule has 0 aromatic heterocycles. The molecular formula is C7H5Br2O4-. The Kier molecular flexibility index (Phi) is 5.65. The van der Waals surface area contributed by atoms with E-state index in [1.807, 2.05) is 0 Å². The summed E-state index contributed by atoms with van der Waals surface area (Å²) in [7, 11) is 1.22. The molecule has 0 aliphatic rings. The van der Waals surface area contributed by atoms with E-state index in [2.05, 4.69) is 36.6 Å². The van der Waals surface area contributed by atoms with Gasteiger partial charge in [-0.3, -0.25) is 0 Å². The number of rotatable bonds is 3. The van der Waals surface area contributed by atoms with Gasteiger partial charge in [-0.2, -0.15) is 0 Å². The Bertz CT molecular complexity index is 280. The van der Waals surface area contributed by atoms with Crippen LogP contribution in [0.15, 0.2) is 21.1 Å². The molecule has 0 unspecified atom stereocenters. The number of carboxylic acids is 1. The highest BCUT2D eigenvalue weighted by atomic mass is 79.9. The molecule has 0 amide bonds. The summed E-state index contributed by atoms with van der Waals surface area (Å²) >= 11 is 5.67. The van der Waals surface area contributed by atoms with E-state index in [4.69, 9.17) is 0 Å². The van der Waals surface area contributed by atoms with Gasteiger partial charge in [-0.15, -0.1) is 0 Å². The van der Waals surface area contributed by atoms with Crippen LogP contribution in [0.1, 0.15) is 0 Å². The third-order valence-corrected chi connectivity index (χ3v) is 2.90. The van der Waals surface area contributed by atoms with E-state index in [1.54, 1.807) is 0 Å². The first-order chi connectivity index (χ1) is 5.99. The van der Waals surface area contributed by atoms with Crippen molar-refractivity contribution in [1.82, 2.24) is 0 Å². The molecule has 0 saturated heterocycles. The van der Waals surface area contributed by atoms with E-state index in [-0.39, 0.29) is 8.96 Å². The van der Waals surface area contributed by atoms with Gasteiger partial charge in [0.2, 0.25) is 0 Å². The van der Waals surface area contributed by atoms with Crippen LogP contribution in [0.25, 0.3) is 0 Å². The van der Waals surface area contributed by atoms with E-state index in [1.165, 1.54) is 13.2 Å². The maximum Gasteiger partial charge on any atom is 0.330 e. The minimum absolute atomic E-state index is 0.173. The summed E-state index contributed by atoms with van der Waals surface area (Å²) in [6.45, 7) is 0. The highest BCUT2D eigenvalue weighted by Crippen LogP contribution is 2.18. The summed E-state index contributed by atoms with van der Waals surface area (Å²) in [5, 5.41) is 10.3. The zero-order valence-electron chi connectivity index (χ0n) is 6.54. The number of carboxylic acid groups (broad SMARTS) is 1. The number of ether oxygens (including phenoxy) is 1. The fraction of sp³-hybridized carbons (Fsp3) is 0.143. The number of hydrogen-bond acceptors (Lipinski definition) is 4. The fourth-order valence-corrected chi connectivity index (χ4v) is 0.806. The molecule has 0 fully saturated rings. The van der Waals surface area contributed by atoms with Gasteiger partial charge >= 0.3 is 5.97 Å². The molecule has 0 bridgehead atoms. The Balaban J connectivity index is 4.54. The van der Waals surface area contributed by atoms with Crippen molar-refractivity contribution in [3.8, 4) is 0 Å². The first-order valence-electron chi connectivity index (χ1n) is 3.01. The first kappa shape index (κ1) is 12.4. The predicted molar refractivity (Wildman–Crippen MR) is 51.0 cm³/mol. The van der Waals surface area contributed by atoms with E-state index in [9.17, 15) is 14.7 Å². The van der Waals surface area contributed by atoms with Crippen molar-refractivity contribution in [3.05, 3.63) is 21.1 Å². The lowest BCUT2D eigenvalue weighted by molar-refractivity contribution is -0.298. The van der Waals surface area contributed by atoms with Crippen molar-refractivity contribution in [1.29, 1.82) is 0 Å². The third kappa shape index (κ3) is 4.84. The molecule has 0 rings (SSSR count). The lowest BCUT2D eigenvalue weighted by Gasteiger charge is -2.00. The van der Waals surface area contributed by atoms with Crippen LogP contribution in [0.3, 0.4) is 0 Å². The van der Waals surface area contributed by atoms with Crippen molar-refractivity contribution in [3.63, 3.8) is 0 Å². The summed E-state index contributed by atoms with van der Waals surface area (Å²) in [6.07, 6.45) is 2.32. The molecule has 4 nitrogen and oxygen atoms in total. The summed E-state index contributed by atoms with van der Waals surface area (Å²) in [6, 6.07) is 0. The Morgan fingerprint density at radius 3 is 2.23 bits per heavy atom. The molecule has 0 N–H and O–H groups in total. The normalized spacial score (nSPS) is 12.5. The second kappa shape index (κ2) is 5.93. The number of carbonyl (C=O) groups is 2. The monoisotopic (exact) mass is 311 g/mol. The highest BCUT2D eigenvalue weighted by molar-refractivity contribution is 9.14. The van der Waals surface area contributed by atoms with E-state index in [0.29, 0.717) is 0 Å². The fourth-order valence-electron chi connectivity index (χ4n) is 0.380. The molecule has 0 saturated carbocycles. The standard InChI is InChI=1S/C7H6Br2O4/c1-13-5(10)3-2-4(8)6(9)7(11)12/h2-3H,1H3,(H,11,12)/p-1. The van der Waals surface area contributed by atoms with E-state index in [0.717, 1.165) is 6.08 Å². The number of aliphatic carboxylic acids is 1. The van der Waals surface area contributed by atoms with Crippen LogP contribution in [0, 0.1) is 0 Å². The molecule has 0 aromatic rings.